The zero-order chi connectivity index (χ0) is 26.0. The van der Waals surface area contributed by atoms with Gasteiger partial charge in [-0.3, -0.25) is 0 Å². The molecule has 2 aliphatic carbocycles. The fourth-order valence-corrected chi connectivity index (χ4v) is 6.58. The molecule has 2 saturated carbocycles. The van der Waals surface area contributed by atoms with Crippen LogP contribution >= 0.6 is 0 Å². The highest BCUT2D eigenvalue weighted by Gasteiger charge is 2.25. The van der Waals surface area contributed by atoms with Gasteiger partial charge in [-0.15, -0.1) is 0 Å². The van der Waals surface area contributed by atoms with Crippen LogP contribution in [0.4, 0.5) is 0 Å². The Morgan fingerprint density at radius 2 is 1.21 bits per heavy atom. The molecule has 3 heterocycles. The second kappa shape index (κ2) is 11.1. The Hall–Kier alpha value is -3.22. The summed E-state index contributed by atoms with van der Waals surface area (Å²) in [4.78, 5) is 17.1. The summed E-state index contributed by atoms with van der Waals surface area (Å²) in [6, 6.07) is 17.6. The van der Waals surface area contributed by atoms with Gasteiger partial charge in [-0.25, -0.2) is 9.97 Å². The maximum absolute atomic E-state index is 5.88. The molecule has 0 atom stereocenters. The van der Waals surface area contributed by atoms with Gasteiger partial charge in [0.15, 0.2) is 6.29 Å². The largest absolute Gasteiger partial charge is 0.352 e. The third-order valence-corrected chi connectivity index (χ3v) is 8.83. The summed E-state index contributed by atoms with van der Waals surface area (Å²) in [5.41, 5.74) is 7.99. The van der Waals surface area contributed by atoms with Crippen LogP contribution in [0.1, 0.15) is 87.0 Å². The van der Waals surface area contributed by atoms with Gasteiger partial charge in [0.2, 0.25) is 0 Å². The molecule has 2 aromatic heterocycles. The number of imidazole rings is 2. The monoisotopic (exact) mass is 522 g/mol. The molecule has 0 unspecified atom stereocenters. The molecule has 1 aliphatic heterocycles. The van der Waals surface area contributed by atoms with Gasteiger partial charge in [-0.1, -0.05) is 74.2 Å². The number of nitrogens with zero attached hydrogens (tertiary/aromatic N) is 2. The number of hydrogen-bond donors (Lipinski definition) is 2. The van der Waals surface area contributed by atoms with Crippen LogP contribution < -0.4 is 0 Å². The molecule has 3 aliphatic rings. The van der Waals surface area contributed by atoms with E-state index in [4.69, 9.17) is 14.5 Å². The first-order valence-electron chi connectivity index (χ1n) is 14.9. The first-order chi connectivity index (χ1) is 19.3. The Bertz CT molecular complexity index is 1370. The molecule has 202 valence electrons. The smallest absolute Gasteiger partial charge is 0.163 e. The van der Waals surface area contributed by atoms with Crippen LogP contribution in [-0.4, -0.2) is 39.4 Å². The lowest BCUT2D eigenvalue weighted by Crippen LogP contribution is -2.27. The standard InChI is InChI=1S/C33H38N4O2/c1-2-7-26(6-1)32-34-21-29(36-32)24-14-10-22(11-15-24)23-12-16-25(17-13-23)31-28(20-30-38-18-5-19-39-30)35-33(37-31)27-8-3-4-9-27/h10-17,21,26-27,30H,1-9,18-20H2,(H,34,36)(H,35,37). The number of H-pyrrole nitrogens is 2. The first kappa shape index (κ1) is 24.8. The number of ether oxygens (including phenoxy) is 2. The normalized spacial score (nSPS) is 19.3. The van der Waals surface area contributed by atoms with Crippen LogP contribution in [0.5, 0.6) is 0 Å². The van der Waals surface area contributed by atoms with E-state index in [0.717, 1.165) is 53.9 Å². The molecule has 6 nitrogen and oxygen atoms in total. The van der Waals surface area contributed by atoms with Crippen LogP contribution in [0.2, 0.25) is 0 Å². The predicted octanol–water partition coefficient (Wildman–Crippen LogP) is 7.75. The Balaban J connectivity index is 1.10. The average molecular weight is 523 g/mol. The molecule has 6 heteroatoms. The minimum Gasteiger partial charge on any atom is -0.352 e. The molecule has 4 aromatic rings. The minimum atomic E-state index is -0.198. The second-order valence-electron chi connectivity index (χ2n) is 11.5. The molecule has 0 amide bonds. The lowest BCUT2D eigenvalue weighted by Gasteiger charge is -2.23. The van der Waals surface area contributed by atoms with E-state index in [0.29, 0.717) is 18.3 Å². The van der Waals surface area contributed by atoms with E-state index in [1.807, 2.05) is 6.20 Å². The van der Waals surface area contributed by atoms with Crippen LogP contribution in [-0.2, 0) is 15.9 Å². The summed E-state index contributed by atoms with van der Waals surface area (Å²) in [5.74, 6) is 3.41. The zero-order valence-corrected chi connectivity index (χ0v) is 22.6. The van der Waals surface area contributed by atoms with Crippen molar-refractivity contribution in [3.63, 3.8) is 0 Å². The summed E-state index contributed by atoms with van der Waals surface area (Å²) in [6.45, 7) is 1.53. The van der Waals surface area contributed by atoms with Gasteiger partial charge < -0.3 is 19.4 Å². The van der Waals surface area contributed by atoms with E-state index in [-0.39, 0.29) is 6.29 Å². The van der Waals surface area contributed by atoms with Gasteiger partial charge in [0.05, 0.1) is 30.8 Å². The van der Waals surface area contributed by atoms with Gasteiger partial charge >= 0.3 is 0 Å². The zero-order valence-electron chi connectivity index (χ0n) is 22.6. The van der Waals surface area contributed by atoms with Crippen molar-refractivity contribution in [1.82, 2.24) is 19.9 Å². The number of rotatable bonds is 7. The summed E-state index contributed by atoms with van der Waals surface area (Å²) in [5, 5.41) is 0. The Labute approximate surface area is 230 Å². The molecule has 3 fully saturated rings. The van der Waals surface area contributed by atoms with E-state index in [9.17, 15) is 0 Å². The SMILES string of the molecule is c1cc(-c2cnc(C3CCCC3)[nH]2)ccc1-c1ccc(-c2nc(C3CCCC3)[nH]c2CC2OCCCO2)cc1. The number of nitrogens with one attached hydrogen (secondary N) is 2. The van der Waals surface area contributed by atoms with Crippen molar-refractivity contribution in [2.45, 2.75) is 82.3 Å². The van der Waals surface area contributed by atoms with Crippen LogP contribution in [0.15, 0.2) is 54.7 Å². The maximum atomic E-state index is 5.88. The third kappa shape index (κ3) is 5.32. The van der Waals surface area contributed by atoms with Crippen molar-refractivity contribution in [2.24, 2.45) is 0 Å². The van der Waals surface area contributed by atoms with Gasteiger partial charge in [-0.2, -0.15) is 0 Å². The molecular weight excluding hydrogens is 484 g/mol. The number of hydrogen-bond acceptors (Lipinski definition) is 4. The first-order valence-corrected chi connectivity index (χ1v) is 14.9. The summed E-state index contributed by atoms with van der Waals surface area (Å²) < 4.78 is 11.8. The predicted molar refractivity (Wildman–Crippen MR) is 153 cm³/mol. The second-order valence-corrected chi connectivity index (χ2v) is 11.5. The van der Waals surface area contributed by atoms with E-state index in [1.54, 1.807) is 0 Å². The van der Waals surface area contributed by atoms with Crippen molar-refractivity contribution in [3.05, 3.63) is 72.1 Å². The minimum absolute atomic E-state index is 0.198. The van der Waals surface area contributed by atoms with E-state index in [2.05, 4.69) is 63.5 Å². The maximum Gasteiger partial charge on any atom is 0.163 e. The number of aromatic amines is 2. The quantitative estimate of drug-likeness (QED) is 0.260. The van der Waals surface area contributed by atoms with Crippen LogP contribution in [0.25, 0.3) is 33.6 Å². The topological polar surface area (TPSA) is 75.8 Å². The molecule has 0 spiro atoms. The summed E-state index contributed by atoms with van der Waals surface area (Å²) >= 11 is 0. The summed E-state index contributed by atoms with van der Waals surface area (Å²) in [7, 11) is 0. The highest BCUT2D eigenvalue weighted by molar-refractivity contribution is 5.72. The van der Waals surface area contributed by atoms with Crippen molar-refractivity contribution >= 4 is 0 Å². The average Bonchev–Trinajstić information content (AvgIpc) is 3.81. The highest BCUT2D eigenvalue weighted by atomic mass is 16.7. The Kier molecular flexibility index (Phi) is 7.06. The molecule has 0 radical (unpaired) electrons. The molecule has 2 N–H and O–H groups in total. The van der Waals surface area contributed by atoms with Gasteiger partial charge in [0.25, 0.3) is 0 Å². The molecule has 0 bridgehead atoms. The highest BCUT2D eigenvalue weighted by Crippen LogP contribution is 2.36. The van der Waals surface area contributed by atoms with Crippen molar-refractivity contribution in [1.29, 1.82) is 0 Å². The van der Waals surface area contributed by atoms with Crippen LogP contribution in [0, 0.1) is 0 Å². The lowest BCUT2D eigenvalue weighted by atomic mass is 10.00. The Morgan fingerprint density at radius 1 is 0.641 bits per heavy atom. The van der Waals surface area contributed by atoms with Crippen LogP contribution in [0.3, 0.4) is 0 Å². The van der Waals surface area contributed by atoms with Gasteiger partial charge in [0.1, 0.15) is 11.6 Å². The van der Waals surface area contributed by atoms with E-state index in [1.165, 1.54) is 68.1 Å². The fourth-order valence-electron chi connectivity index (χ4n) is 6.58. The third-order valence-electron chi connectivity index (χ3n) is 8.83. The number of aromatic nitrogens is 4. The molecule has 2 aromatic carbocycles. The fraction of sp³-hybridized carbons (Fsp3) is 0.455. The van der Waals surface area contributed by atoms with E-state index < -0.39 is 0 Å². The molecule has 39 heavy (non-hydrogen) atoms. The van der Waals surface area contributed by atoms with Crippen molar-refractivity contribution in [3.8, 4) is 33.6 Å². The van der Waals surface area contributed by atoms with Gasteiger partial charge in [0, 0.05) is 29.5 Å². The molecular formula is C33H38N4O2. The van der Waals surface area contributed by atoms with Gasteiger partial charge in [-0.05, 0) is 48.8 Å². The van der Waals surface area contributed by atoms with Crippen molar-refractivity contribution < 1.29 is 9.47 Å². The lowest BCUT2D eigenvalue weighted by molar-refractivity contribution is -0.177. The Morgan fingerprint density at radius 3 is 1.85 bits per heavy atom. The van der Waals surface area contributed by atoms with Crippen molar-refractivity contribution in [2.75, 3.05) is 13.2 Å². The number of benzene rings is 2. The molecule has 7 rings (SSSR count). The van der Waals surface area contributed by atoms with E-state index >= 15 is 0 Å². The summed E-state index contributed by atoms with van der Waals surface area (Å²) in [6.07, 6.45) is 13.6. The molecule has 1 saturated heterocycles.